The lowest BCUT2D eigenvalue weighted by Gasteiger charge is -2.28. The standard InChI is InChI=1S/C23H21ClF3N3O3S2/c24-17-11-16(29-12-13-5-4-10-34-13)21-18(30-17)14(6-1-2-8-33-22(31)23(25,26)27)20(35-21)19-15(28)7-3-9-32-19/h4-5,10-11,15,19H,2-3,7-9,12,28H2,(H,29,30)/t15-,19-/m0/s1. The maximum Gasteiger partial charge on any atom is 0.490 e. The SMILES string of the molecule is N[C@H]1CCCO[C@@H]1c1sc2c(NCc3cccs3)cc(Cl)nc2c1C#CCCOC(=O)C(F)(F)F. The first-order valence-electron chi connectivity index (χ1n) is 10.7. The molecule has 3 N–H and O–H groups in total. The molecule has 4 heterocycles. The first kappa shape index (κ1) is 25.7. The quantitative estimate of drug-likeness (QED) is 0.181. The zero-order chi connectivity index (χ0) is 25.0. The summed E-state index contributed by atoms with van der Waals surface area (Å²) in [5.41, 5.74) is 8.27. The van der Waals surface area contributed by atoms with E-state index in [-0.39, 0.29) is 23.7 Å². The summed E-state index contributed by atoms with van der Waals surface area (Å²) in [7, 11) is 0. The summed E-state index contributed by atoms with van der Waals surface area (Å²) in [5, 5.41) is 5.67. The lowest BCUT2D eigenvalue weighted by Crippen LogP contribution is -2.34. The van der Waals surface area contributed by atoms with Crippen LogP contribution < -0.4 is 11.1 Å². The molecule has 0 unspecified atom stereocenters. The lowest BCUT2D eigenvalue weighted by atomic mass is 9.99. The van der Waals surface area contributed by atoms with Crippen molar-refractivity contribution < 1.29 is 27.4 Å². The maximum atomic E-state index is 12.3. The molecule has 0 radical (unpaired) electrons. The molecule has 3 aromatic heterocycles. The number of hydrogen-bond acceptors (Lipinski definition) is 8. The molecule has 0 aliphatic carbocycles. The van der Waals surface area contributed by atoms with E-state index in [4.69, 9.17) is 22.1 Å². The molecule has 1 fully saturated rings. The highest BCUT2D eigenvalue weighted by Crippen LogP contribution is 2.42. The van der Waals surface area contributed by atoms with Gasteiger partial charge in [0, 0.05) is 36.6 Å². The van der Waals surface area contributed by atoms with Gasteiger partial charge in [-0.2, -0.15) is 13.2 Å². The molecular formula is C23H21ClF3N3O3S2. The van der Waals surface area contributed by atoms with Crippen molar-refractivity contribution in [2.75, 3.05) is 18.5 Å². The van der Waals surface area contributed by atoms with Crippen LogP contribution in [0.25, 0.3) is 10.2 Å². The molecule has 1 saturated heterocycles. The Kier molecular flexibility index (Phi) is 8.19. The zero-order valence-corrected chi connectivity index (χ0v) is 20.7. The molecule has 0 amide bonds. The molecule has 0 saturated carbocycles. The molecule has 2 atom stereocenters. The Morgan fingerprint density at radius 1 is 1.43 bits per heavy atom. The van der Waals surface area contributed by atoms with Gasteiger partial charge in [-0.25, -0.2) is 9.78 Å². The maximum absolute atomic E-state index is 12.3. The van der Waals surface area contributed by atoms with Gasteiger partial charge in [-0.15, -0.1) is 22.7 Å². The fourth-order valence-electron chi connectivity index (χ4n) is 3.60. The van der Waals surface area contributed by atoms with Gasteiger partial charge in [-0.3, -0.25) is 0 Å². The second kappa shape index (κ2) is 11.1. The number of thiophene rings is 2. The summed E-state index contributed by atoms with van der Waals surface area (Å²) in [6.45, 7) is 0.680. The van der Waals surface area contributed by atoms with Crippen LogP contribution in [0.15, 0.2) is 23.6 Å². The van der Waals surface area contributed by atoms with Crippen molar-refractivity contribution in [3.63, 3.8) is 0 Å². The number of carbonyl (C=O) groups is 1. The van der Waals surface area contributed by atoms with Crippen LogP contribution in [0, 0.1) is 11.8 Å². The van der Waals surface area contributed by atoms with Crippen LogP contribution in [0.4, 0.5) is 18.9 Å². The number of hydrogen-bond donors (Lipinski definition) is 2. The van der Waals surface area contributed by atoms with E-state index >= 15 is 0 Å². The number of carbonyl (C=O) groups excluding carboxylic acids is 1. The van der Waals surface area contributed by atoms with E-state index in [1.165, 1.54) is 11.3 Å². The molecule has 0 spiro atoms. The zero-order valence-electron chi connectivity index (χ0n) is 18.3. The molecule has 1 aliphatic rings. The number of rotatable bonds is 6. The lowest BCUT2D eigenvalue weighted by molar-refractivity contribution is -0.199. The highest BCUT2D eigenvalue weighted by Gasteiger charge is 2.40. The van der Waals surface area contributed by atoms with Crippen molar-refractivity contribution in [2.24, 2.45) is 5.73 Å². The predicted molar refractivity (Wildman–Crippen MR) is 131 cm³/mol. The molecule has 0 aromatic carbocycles. The largest absolute Gasteiger partial charge is 0.490 e. The predicted octanol–water partition coefficient (Wildman–Crippen LogP) is 5.65. The molecule has 0 bridgehead atoms. The number of nitrogens with two attached hydrogens (primary N) is 1. The van der Waals surface area contributed by atoms with Crippen molar-refractivity contribution in [2.45, 2.75) is 44.1 Å². The number of pyridine rings is 1. The fourth-order valence-corrected chi connectivity index (χ4v) is 5.75. The van der Waals surface area contributed by atoms with Crippen LogP contribution in [0.2, 0.25) is 5.15 Å². The summed E-state index contributed by atoms with van der Waals surface area (Å²) in [5.74, 6) is 3.55. The van der Waals surface area contributed by atoms with Crippen molar-refractivity contribution in [3.05, 3.63) is 44.1 Å². The third kappa shape index (κ3) is 6.26. The monoisotopic (exact) mass is 543 g/mol. The van der Waals surface area contributed by atoms with Crippen LogP contribution in [0.3, 0.4) is 0 Å². The van der Waals surface area contributed by atoms with E-state index in [9.17, 15) is 18.0 Å². The molecule has 1 aliphatic heterocycles. The highest BCUT2D eigenvalue weighted by atomic mass is 35.5. The van der Waals surface area contributed by atoms with Gasteiger partial charge >= 0.3 is 12.1 Å². The van der Waals surface area contributed by atoms with E-state index in [0.717, 1.165) is 33.0 Å². The van der Waals surface area contributed by atoms with E-state index < -0.39 is 18.8 Å². The summed E-state index contributed by atoms with van der Waals surface area (Å²) >= 11 is 9.42. The summed E-state index contributed by atoms with van der Waals surface area (Å²) in [6, 6.07) is 5.51. The van der Waals surface area contributed by atoms with E-state index in [2.05, 4.69) is 26.9 Å². The second-order valence-corrected chi connectivity index (χ2v) is 10.2. The van der Waals surface area contributed by atoms with E-state index in [1.54, 1.807) is 17.4 Å². The first-order valence-corrected chi connectivity index (χ1v) is 12.8. The van der Waals surface area contributed by atoms with Gasteiger partial charge in [0.1, 0.15) is 23.4 Å². The summed E-state index contributed by atoms with van der Waals surface area (Å²) in [4.78, 5) is 17.3. The molecule has 35 heavy (non-hydrogen) atoms. The number of aromatic nitrogens is 1. The van der Waals surface area contributed by atoms with Gasteiger partial charge in [0.2, 0.25) is 0 Å². The highest BCUT2D eigenvalue weighted by molar-refractivity contribution is 7.20. The second-order valence-electron chi connectivity index (χ2n) is 7.73. The number of nitrogens with zero attached hydrogens (tertiary/aromatic N) is 1. The molecular weight excluding hydrogens is 523 g/mol. The van der Waals surface area contributed by atoms with Gasteiger partial charge in [-0.1, -0.05) is 29.5 Å². The minimum atomic E-state index is -5.04. The molecule has 4 rings (SSSR count). The van der Waals surface area contributed by atoms with Crippen molar-refractivity contribution in [1.82, 2.24) is 4.98 Å². The molecule has 12 heteroatoms. The van der Waals surface area contributed by atoms with E-state index in [1.807, 2.05) is 17.5 Å². The molecule has 6 nitrogen and oxygen atoms in total. The van der Waals surface area contributed by atoms with E-state index in [0.29, 0.717) is 24.2 Å². The van der Waals surface area contributed by atoms with Crippen LogP contribution in [-0.4, -0.2) is 36.4 Å². The Bertz CT molecular complexity index is 1250. The van der Waals surface area contributed by atoms with Crippen LogP contribution in [-0.2, 0) is 20.8 Å². The van der Waals surface area contributed by atoms with Crippen LogP contribution in [0.5, 0.6) is 0 Å². The topological polar surface area (TPSA) is 86.5 Å². The van der Waals surface area contributed by atoms with Crippen molar-refractivity contribution >= 4 is 56.1 Å². The average Bonchev–Trinajstić information content (AvgIpc) is 3.45. The van der Waals surface area contributed by atoms with Crippen molar-refractivity contribution in [3.8, 4) is 11.8 Å². The normalized spacial score (nSPS) is 18.2. The Hall–Kier alpha value is -2.36. The van der Waals surface area contributed by atoms with Gasteiger partial charge in [0.25, 0.3) is 0 Å². The fraction of sp³-hybridized carbons (Fsp3) is 0.391. The summed E-state index contributed by atoms with van der Waals surface area (Å²) in [6.07, 6.45) is -3.87. The number of esters is 1. The van der Waals surface area contributed by atoms with Crippen LogP contribution in [0.1, 0.15) is 40.7 Å². The Balaban J connectivity index is 1.65. The van der Waals surface area contributed by atoms with Crippen molar-refractivity contribution in [1.29, 1.82) is 0 Å². The van der Waals surface area contributed by atoms with Gasteiger partial charge in [-0.05, 0) is 24.3 Å². The number of fused-ring (bicyclic) bond motifs is 1. The third-order valence-corrected chi connectivity index (χ3v) is 7.55. The van der Waals surface area contributed by atoms with Crippen LogP contribution >= 0.6 is 34.3 Å². The number of alkyl halides is 3. The number of halogens is 4. The Morgan fingerprint density at radius 3 is 2.97 bits per heavy atom. The number of ether oxygens (including phenoxy) is 2. The Morgan fingerprint density at radius 2 is 2.26 bits per heavy atom. The van der Waals surface area contributed by atoms with Gasteiger partial charge < -0.3 is 20.5 Å². The Labute approximate surface area is 212 Å². The number of nitrogens with one attached hydrogen (secondary N) is 1. The smallest absolute Gasteiger partial charge is 0.458 e. The minimum Gasteiger partial charge on any atom is -0.458 e. The minimum absolute atomic E-state index is 0.0831. The van der Waals surface area contributed by atoms with Gasteiger partial charge in [0.15, 0.2) is 0 Å². The van der Waals surface area contributed by atoms with Gasteiger partial charge in [0.05, 0.1) is 20.8 Å². The number of anilines is 1. The third-order valence-electron chi connectivity index (χ3n) is 5.20. The first-order chi connectivity index (χ1) is 16.7. The summed E-state index contributed by atoms with van der Waals surface area (Å²) < 4.78 is 48.0. The molecule has 3 aromatic rings. The molecule has 186 valence electrons. The average molecular weight is 544 g/mol.